The van der Waals surface area contributed by atoms with Crippen LogP contribution >= 0.6 is 0 Å². The molecule has 22 heavy (non-hydrogen) atoms. The molecule has 3 rings (SSSR count). The van der Waals surface area contributed by atoms with E-state index in [0.717, 1.165) is 77.9 Å². The molecule has 1 aromatic rings. The molecule has 0 bridgehead atoms. The van der Waals surface area contributed by atoms with Gasteiger partial charge in [0.2, 0.25) is 0 Å². The van der Waals surface area contributed by atoms with Gasteiger partial charge in [-0.15, -0.1) is 0 Å². The molecule has 2 fully saturated rings. The standard InChI is InChI=1S/C16H27N5O/c1-2-19-16(21-9-11-22-12-10-21)13-15(1)14-18-5-8-20-6-3-17-4-7-20/h1-2,13,17-18H,3-12,14H2. The molecule has 3 heterocycles. The Bertz CT molecular complexity index is 444. The van der Waals surface area contributed by atoms with Gasteiger partial charge in [0.15, 0.2) is 0 Å². The van der Waals surface area contributed by atoms with Gasteiger partial charge in [0.05, 0.1) is 13.2 Å². The van der Waals surface area contributed by atoms with E-state index in [2.05, 4.69) is 37.6 Å². The van der Waals surface area contributed by atoms with Gasteiger partial charge in [0, 0.05) is 65.1 Å². The van der Waals surface area contributed by atoms with Crippen LogP contribution < -0.4 is 15.5 Å². The monoisotopic (exact) mass is 305 g/mol. The van der Waals surface area contributed by atoms with Gasteiger partial charge in [-0.05, 0) is 17.7 Å². The van der Waals surface area contributed by atoms with E-state index in [-0.39, 0.29) is 0 Å². The first-order valence-corrected chi connectivity index (χ1v) is 8.33. The highest BCUT2D eigenvalue weighted by molar-refractivity contribution is 5.41. The first-order valence-electron chi connectivity index (χ1n) is 8.33. The van der Waals surface area contributed by atoms with E-state index >= 15 is 0 Å². The molecular formula is C16H27N5O. The summed E-state index contributed by atoms with van der Waals surface area (Å²) >= 11 is 0. The van der Waals surface area contributed by atoms with Crippen LogP contribution in [0.5, 0.6) is 0 Å². The van der Waals surface area contributed by atoms with Crippen molar-refractivity contribution in [3.05, 3.63) is 23.9 Å². The van der Waals surface area contributed by atoms with Crippen LogP contribution in [0.1, 0.15) is 5.56 Å². The average Bonchev–Trinajstić information content (AvgIpc) is 2.61. The third kappa shape index (κ3) is 4.64. The molecule has 0 saturated carbocycles. The summed E-state index contributed by atoms with van der Waals surface area (Å²) in [5.41, 5.74) is 1.30. The number of hydrogen-bond acceptors (Lipinski definition) is 6. The third-order valence-electron chi connectivity index (χ3n) is 4.29. The second-order valence-electron chi connectivity index (χ2n) is 5.89. The Labute approximate surface area is 132 Å². The van der Waals surface area contributed by atoms with Gasteiger partial charge < -0.3 is 20.3 Å². The third-order valence-corrected chi connectivity index (χ3v) is 4.29. The SMILES string of the molecule is c1cc(CNCCN2CCNCC2)cc(N2CCOCC2)n1. The van der Waals surface area contributed by atoms with Gasteiger partial charge >= 0.3 is 0 Å². The molecule has 6 nitrogen and oxygen atoms in total. The van der Waals surface area contributed by atoms with Gasteiger partial charge in [0.25, 0.3) is 0 Å². The summed E-state index contributed by atoms with van der Waals surface area (Å²) in [5, 5.41) is 6.93. The summed E-state index contributed by atoms with van der Waals surface area (Å²) in [6.45, 7) is 11.1. The summed E-state index contributed by atoms with van der Waals surface area (Å²) in [6.07, 6.45) is 1.91. The van der Waals surface area contributed by atoms with Gasteiger partial charge in [-0.3, -0.25) is 4.90 Å². The maximum atomic E-state index is 5.40. The Morgan fingerprint density at radius 2 is 2.00 bits per heavy atom. The van der Waals surface area contributed by atoms with Crippen LogP contribution in [0.25, 0.3) is 0 Å². The van der Waals surface area contributed by atoms with Gasteiger partial charge in [-0.1, -0.05) is 0 Å². The van der Waals surface area contributed by atoms with Crippen molar-refractivity contribution >= 4 is 5.82 Å². The number of pyridine rings is 1. The molecular weight excluding hydrogens is 278 g/mol. The molecule has 0 radical (unpaired) electrons. The van der Waals surface area contributed by atoms with Crippen LogP contribution in [0, 0.1) is 0 Å². The second-order valence-corrected chi connectivity index (χ2v) is 5.89. The minimum atomic E-state index is 0.800. The second kappa shape index (κ2) is 8.43. The molecule has 0 amide bonds. The molecule has 0 spiro atoms. The molecule has 0 atom stereocenters. The molecule has 6 heteroatoms. The van der Waals surface area contributed by atoms with Crippen molar-refractivity contribution in [3.63, 3.8) is 0 Å². The molecule has 2 aliphatic rings. The van der Waals surface area contributed by atoms with E-state index in [1.807, 2.05) is 6.20 Å². The van der Waals surface area contributed by atoms with Crippen LogP contribution in [0.4, 0.5) is 5.82 Å². The van der Waals surface area contributed by atoms with Gasteiger partial charge in [0.1, 0.15) is 5.82 Å². The number of rotatable bonds is 6. The fraction of sp³-hybridized carbons (Fsp3) is 0.688. The number of ether oxygens (including phenoxy) is 1. The number of hydrogen-bond donors (Lipinski definition) is 2. The van der Waals surface area contributed by atoms with Crippen LogP contribution in [0.3, 0.4) is 0 Å². The van der Waals surface area contributed by atoms with Crippen LogP contribution in [0.15, 0.2) is 18.3 Å². The van der Waals surface area contributed by atoms with Gasteiger partial charge in [-0.25, -0.2) is 4.98 Å². The lowest BCUT2D eigenvalue weighted by molar-refractivity contribution is 0.122. The van der Waals surface area contributed by atoms with Crippen molar-refractivity contribution in [3.8, 4) is 0 Å². The fourth-order valence-electron chi connectivity index (χ4n) is 2.94. The van der Waals surface area contributed by atoms with E-state index < -0.39 is 0 Å². The van der Waals surface area contributed by atoms with Crippen LogP contribution in [-0.4, -0.2) is 75.5 Å². The van der Waals surface area contributed by atoms with Crippen molar-refractivity contribution < 1.29 is 4.74 Å². The number of nitrogens with one attached hydrogen (secondary N) is 2. The van der Waals surface area contributed by atoms with Crippen molar-refractivity contribution in [1.82, 2.24) is 20.5 Å². The van der Waals surface area contributed by atoms with E-state index in [4.69, 9.17) is 4.74 Å². The lowest BCUT2D eigenvalue weighted by atomic mass is 10.2. The molecule has 122 valence electrons. The summed E-state index contributed by atoms with van der Waals surface area (Å²) in [6, 6.07) is 4.30. The number of aromatic nitrogens is 1. The van der Waals surface area contributed by atoms with E-state index in [9.17, 15) is 0 Å². The summed E-state index contributed by atoms with van der Waals surface area (Å²) in [4.78, 5) is 9.30. The summed E-state index contributed by atoms with van der Waals surface area (Å²) < 4.78 is 5.40. The first kappa shape index (κ1) is 15.7. The molecule has 0 aromatic carbocycles. The maximum Gasteiger partial charge on any atom is 0.128 e. The normalized spacial score (nSPS) is 20.3. The Morgan fingerprint density at radius 3 is 2.82 bits per heavy atom. The molecule has 2 saturated heterocycles. The highest BCUT2D eigenvalue weighted by Crippen LogP contribution is 2.14. The molecule has 1 aromatic heterocycles. The van der Waals surface area contributed by atoms with E-state index in [1.165, 1.54) is 5.56 Å². The zero-order chi connectivity index (χ0) is 15.0. The lowest BCUT2D eigenvalue weighted by Gasteiger charge is -2.28. The highest BCUT2D eigenvalue weighted by Gasteiger charge is 2.12. The Morgan fingerprint density at radius 1 is 1.18 bits per heavy atom. The van der Waals surface area contributed by atoms with Crippen molar-refractivity contribution in [2.45, 2.75) is 6.54 Å². The predicted molar refractivity (Wildman–Crippen MR) is 88.3 cm³/mol. The quantitative estimate of drug-likeness (QED) is 0.717. The summed E-state index contributed by atoms with van der Waals surface area (Å²) in [7, 11) is 0. The van der Waals surface area contributed by atoms with Crippen molar-refractivity contribution in [2.24, 2.45) is 0 Å². The van der Waals surface area contributed by atoms with Crippen LogP contribution in [0.2, 0.25) is 0 Å². The topological polar surface area (TPSA) is 52.7 Å². The van der Waals surface area contributed by atoms with E-state index in [0.29, 0.717) is 0 Å². The largest absolute Gasteiger partial charge is 0.378 e. The van der Waals surface area contributed by atoms with Gasteiger partial charge in [-0.2, -0.15) is 0 Å². The average molecular weight is 305 g/mol. The first-order chi connectivity index (χ1) is 10.9. The Balaban J connectivity index is 1.42. The Kier molecular flexibility index (Phi) is 6.01. The minimum Gasteiger partial charge on any atom is -0.378 e. The highest BCUT2D eigenvalue weighted by atomic mass is 16.5. The number of anilines is 1. The zero-order valence-corrected chi connectivity index (χ0v) is 13.3. The predicted octanol–water partition coefficient (Wildman–Crippen LogP) is -0.0870. The molecule has 0 unspecified atom stereocenters. The molecule has 0 aliphatic carbocycles. The zero-order valence-electron chi connectivity index (χ0n) is 13.3. The number of nitrogens with zero attached hydrogens (tertiary/aromatic N) is 3. The molecule has 2 N–H and O–H groups in total. The smallest absolute Gasteiger partial charge is 0.128 e. The minimum absolute atomic E-state index is 0.800. The Hall–Kier alpha value is -1.21. The maximum absolute atomic E-state index is 5.40. The number of morpholine rings is 1. The van der Waals surface area contributed by atoms with E-state index in [1.54, 1.807) is 0 Å². The van der Waals surface area contributed by atoms with Crippen LogP contribution in [-0.2, 0) is 11.3 Å². The lowest BCUT2D eigenvalue weighted by Crippen LogP contribution is -2.45. The molecule has 2 aliphatic heterocycles. The fourth-order valence-corrected chi connectivity index (χ4v) is 2.94. The van der Waals surface area contributed by atoms with Crippen molar-refractivity contribution in [1.29, 1.82) is 0 Å². The van der Waals surface area contributed by atoms with Crippen molar-refractivity contribution in [2.75, 3.05) is 70.5 Å². The number of piperazine rings is 1. The summed E-state index contributed by atoms with van der Waals surface area (Å²) in [5.74, 6) is 1.07.